The number of benzene rings is 4. The van der Waals surface area contributed by atoms with Crippen LogP contribution in [0.2, 0.25) is 0 Å². The highest BCUT2D eigenvalue weighted by Crippen LogP contribution is 2.37. The standard InChI is InChI=1S/C29H14F10/c1-2-20(30)28(36)16-7-8-19(21(31)9-16)18-12-22(32)26(23(33)13-18)15-5-3-14(4-6-15)17-10-24(34)27(25(35)11-17)29(37,38)39/h2-13H,1H2/b28-20+. The van der Waals surface area contributed by atoms with Gasteiger partial charge in [-0.2, -0.15) is 13.2 Å². The summed E-state index contributed by atoms with van der Waals surface area (Å²) in [6.45, 7) is 3.07. The fourth-order valence-corrected chi connectivity index (χ4v) is 3.96. The van der Waals surface area contributed by atoms with E-state index in [1.165, 1.54) is 24.3 Å². The largest absolute Gasteiger partial charge is 0.422 e. The molecule has 4 aromatic carbocycles. The normalized spacial score (nSPS) is 12.4. The quantitative estimate of drug-likeness (QED) is 0.171. The van der Waals surface area contributed by atoms with Crippen LogP contribution in [0.3, 0.4) is 0 Å². The number of allylic oxidation sites excluding steroid dienone is 2. The van der Waals surface area contributed by atoms with Gasteiger partial charge in [0.25, 0.3) is 0 Å². The van der Waals surface area contributed by atoms with E-state index < -0.39 is 63.6 Å². The highest BCUT2D eigenvalue weighted by atomic mass is 19.4. The van der Waals surface area contributed by atoms with Crippen LogP contribution >= 0.6 is 0 Å². The molecule has 0 unspecified atom stereocenters. The third-order valence-electron chi connectivity index (χ3n) is 5.80. The smallest absolute Gasteiger partial charge is 0.206 e. The van der Waals surface area contributed by atoms with Crippen LogP contribution in [0.5, 0.6) is 0 Å². The molecule has 10 heteroatoms. The monoisotopic (exact) mass is 552 g/mol. The number of hydrogen-bond donors (Lipinski definition) is 0. The van der Waals surface area contributed by atoms with Gasteiger partial charge in [-0.1, -0.05) is 43.0 Å². The van der Waals surface area contributed by atoms with E-state index in [2.05, 4.69) is 6.58 Å². The molecule has 0 amide bonds. The van der Waals surface area contributed by atoms with Crippen LogP contribution in [-0.2, 0) is 6.18 Å². The number of hydrogen-bond acceptors (Lipinski definition) is 0. The number of rotatable bonds is 5. The third-order valence-corrected chi connectivity index (χ3v) is 5.80. The van der Waals surface area contributed by atoms with Crippen molar-refractivity contribution in [2.45, 2.75) is 6.18 Å². The molecule has 0 fully saturated rings. The minimum Gasteiger partial charge on any atom is -0.206 e. The maximum atomic E-state index is 15.0. The summed E-state index contributed by atoms with van der Waals surface area (Å²) in [5, 5.41) is 0. The van der Waals surface area contributed by atoms with Crippen LogP contribution < -0.4 is 0 Å². The summed E-state index contributed by atoms with van der Waals surface area (Å²) in [5.41, 5.74) is -3.75. The summed E-state index contributed by atoms with van der Waals surface area (Å²) >= 11 is 0. The van der Waals surface area contributed by atoms with Crippen LogP contribution in [-0.4, -0.2) is 0 Å². The van der Waals surface area contributed by atoms with Crippen molar-refractivity contribution < 1.29 is 43.9 Å². The van der Waals surface area contributed by atoms with E-state index in [-0.39, 0.29) is 27.8 Å². The van der Waals surface area contributed by atoms with E-state index in [1.54, 1.807) is 0 Å². The Morgan fingerprint density at radius 2 is 1.10 bits per heavy atom. The van der Waals surface area contributed by atoms with Crippen LogP contribution in [0.15, 0.2) is 85.2 Å². The summed E-state index contributed by atoms with van der Waals surface area (Å²) < 4.78 is 138. The molecular weight excluding hydrogens is 538 g/mol. The van der Waals surface area contributed by atoms with Crippen molar-refractivity contribution in [1.29, 1.82) is 0 Å². The Bertz CT molecular complexity index is 1570. The zero-order valence-electron chi connectivity index (χ0n) is 19.4. The summed E-state index contributed by atoms with van der Waals surface area (Å²) in [7, 11) is 0. The van der Waals surface area contributed by atoms with E-state index in [1.807, 2.05) is 0 Å². The van der Waals surface area contributed by atoms with Crippen LogP contribution in [0.25, 0.3) is 39.2 Å². The molecule has 4 rings (SSSR count). The zero-order valence-corrected chi connectivity index (χ0v) is 19.4. The molecule has 0 spiro atoms. The Hall–Kier alpha value is -4.34. The molecule has 0 aliphatic heterocycles. The molecule has 0 saturated carbocycles. The van der Waals surface area contributed by atoms with E-state index >= 15 is 0 Å². The van der Waals surface area contributed by atoms with Gasteiger partial charge >= 0.3 is 6.18 Å². The first-order chi connectivity index (χ1) is 18.3. The van der Waals surface area contributed by atoms with Crippen molar-refractivity contribution in [1.82, 2.24) is 0 Å². The fraction of sp³-hybridized carbons (Fsp3) is 0.0345. The number of alkyl halides is 3. The molecule has 0 N–H and O–H groups in total. The third kappa shape index (κ3) is 5.45. The Morgan fingerprint density at radius 3 is 1.59 bits per heavy atom. The highest BCUT2D eigenvalue weighted by Gasteiger charge is 2.38. The molecule has 0 saturated heterocycles. The summed E-state index contributed by atoms with van der Waals surface area (Å²) in [4.78, 5) is 0. The molecule has 4 aromatic rings. The minimum absolute atomic E-state index is 0.0314. The molecule has 0 aliphatic carbocycles. The van der Waals surface area contributed by atoms with Crippen molar-refractivity contribution in [3.63, 3.8) is 0 Å². The first-order valence-corrected chi connectivity index (χ1v) is 11.0. The molecule has 0 atom stereocenters. The van der Waals surface area contributed by atoms with Crippen molar-refractivity contribution >= 4 is 5.83 Å². The molecule has 0 bridgehead atoms. The molecule has 0 aliphatic rings. The summed E-state index contributed by atoms with van der Waals surface area (Å²) in [6.07, 6.45) is -4.64. The van der Waals surface area contributed by atoms with Crippen LogP contribution in [0.4, 0.5) is 43.9 Å². The van der Waals surface area contributed by atoms with Gasteiger partial charge in [0.15, 0.2) is 11.7 Å². The molecule has 39 heavy (non-hydrogen) atoms. The van der Waals surface area contributed by atoms with Gasteiger partial charge in [0.05, 0.1) is 5.56 Å². The topological polar surface area (TPSA) is 0 Å². The fourth-order valence-electron chi connectivity index (χ4n) is 3.96. The highest BCUT2D eigenvalue weighted by molar-refractivity contribution is 5.75. The maximum Gasteiger partial charge on any atom is 0.422 e. The van der Waals surface area contributed by atoms with Gasteiger partial charge in [0, 0.05) is 11.1 Å². The molecule has 0 heterocycles. The van der Waals surface area contributed by atoms with Gasteiger partial charge in [-0.25, -0.2) is 30.7 Å². The van der Waals surface area contributed by atoms with E-state index in [0.717, 1.165) is 24.3 Å². The SMILES string of the molecule is C=C/C(F)=C(\F)c1ccc(-c2cc(F)c(-c3ccc(-c4cc(F)c(C(F)(F)F)c(F)c4)cc3)c(F)c2)c(F)c1. The Morgan fingerprint density at radius 1 is 0.590 bits per heavy atom. The Kier molecular flexibility index (Phi) is 7.41. The van der Waals surface area contributed by atoms with Crippen molar-refractivity contribution in [2.75, 3.05) is 0 Å². The first kappa shape index (κ1) is 27.7. The molecule has 200 valence electrons. The molecule has 0 nitrogen and oxygen atoms in total. The second-order valence-corrected chi connectivity index (χ2v) is 8.27. The van der Waals surface area contributed by atoms with Crippen LogP contribution in [0, 0.1) is 29.1 Å². The second-order valence-electron chi connectivity index (χ2n) is 8.27. The Labute approximate surface area is 215 Å². The van der Waals surface area contributed by atoms with Crippen molar-refractivity contribution in [3.05, 3.63) is 125 Å². The maximum absolute atomic E-state index is 15.0. The minimum atomic E-state index is -5.24. The zero-order chi connectivity index (χ0) is 28.6. The number of halogens is 10. The molecular formula is C29H14F10. The van der Waals surface area contributed by atoms with Crippen molar-refractivity contribution in [2.24, 2.45) is 0 Å². The lowest BCUT2D eigenvalue weighted by molar-refractivity contribution is -0.142. The van der Waals surface area contributed by atoms with Gasteiger partial charge in [0.1, 0.15) is 34.6 Å². The lowest BCUT2D eigenvalue weighted by Crippen LogP contribution is -2.11. The molecule has 0 aromatic heterocycles. The predicted octanol–water partition coefficient (Wildman–Crippen LogP) is 10.2. The van der Waals surface area contributed by atoms with Crippen molar-refractivity contribution in [3.8, 4) is 33.4 Å². The first-order valence-electron chi connectivity index (χ1n) is 11.0. The molecule has 0 radical (unpaired) electrons. The summed E-state index contributed by atoms with van der Waals surface area (Å²) in [5.74, 6) is -9.63. The lowest BCUT2D eigenvalue weighted by Gasteiger charge is -2.12. The average Bonchev–Trinajstić information content (AvgIpc) is 2.86. The Balaban J connectivity index is 1.67. The average molecular weight is 552 g/mol. The van der Waals surface area contributed by atoms with E-state index in [9.17, 15) is 43.9 Å². The van der Waals surface area contributed by atoms with E-state index in [4.69, 9.17) is 0 Å². The van der Waals surface area contributed by atoms with Gasteiger partial charge in [-0.3, -0.25) is 0 Å². The predicted molar refractivity (Wildman–Crippen MR) is 127 cm³/mol. The van der Waals surface area contributed by atoms with Crippen LogP contribution in [0.1, 0.15) is 11.1 Å². The van der Waals surface area contributed by atoms with Gasteiger partial charge in [-0.15, -0.1) is 0 Å². The van der Waals surface area contributed by atoms with E-state index in [0.29, 0.717) is 24.3 Å². The summed E-state index contributed by atoms with van der Waals surface area (Å²) in [6, 6.07) is 10.1. The van der Waals surface area contributed by atoms with Gasteiger partial charge in [-0.05, 0) is 58.7 Å². The van der Waals surface area contributed by atoms with Gasteiger partial charge in [0.2, 0.25) is 0 Å². The lowest BCUT2D eigenvalue weighted by atomic mass is 9.96. The second kappa shape index (κ2) is 10.4. The van der Waals surface area contributed by atoms with Gasteiger partial charge < -0.3 is 0 Å².